The van der Waals surface area contributed by atoms with Crippen LogP contribution in [-0.2, 0) is 18.4 Å². The van der Waals surface area contributed by atoms with Gasteiger partial charge in [-0.3, -0.25) is 13.8 Å². The minimum Gasteiger partial charge on any atom is -0.391 e. The highest BCUT2D eigenvalue weighted by atomic mass is 31.2. The van der Waals surface area contributed by atoms with E-state index >= 15 is 0 Å². The standard InChI is InChI=1S/C67H121N2O6P/c1-6-8-10-12-14-16-18-20-22-24-26-28-30-32-34-36-38-40-42-44-46-48-50-52-54-56-58-60-66(70)65(64-75-76(72,73)74-63-62-69(3,4)5)68-67(71)61-59-57-55-53-51-49-47-45-43-41-39-37-35-33-31-29-27-25-23-21-19-17-15-13-11-9-7-2/h9,11,15,17,21,23,27,29,33,35,39,41,45,47,51,53,65-66,70H,6-8,10,12-14,16,18-20,22,24-26,28,30-32,34,36-38,40,42-44,46,48-50,52,54-64H2,1-5H3,(H-,68,71,72,73)/p+1/b11-9-,17-15-,23-21-,29-27-,35-33-,41-39-,47-45-,53-51-. The number of phosphoric acid groups is 1. The molecule has 3 N–H and O–H groups in total. The quantitative estimate of drug-likeness (QED) is 0.0243. The maximum atomic E-state index is 13.0. The van der Waals surface area contributed by atoms with Crippen molar-refractivity contribution in [2.45, 2.75) is 283 Å². The van der Waals surface area contributed by atoms with Crippen molar-refractivity contribution in [2.24, 2.45) is 0 Å². The van der Waals surface area contributed by atoms with E-state index in [1.807, 2.05) is 21.1 Å². The lowest BCUT2D eigenvalue weighted by atomic mass is 10.0. The fourth-order valence-electron chi connectivity index (χ4n) is 8.95. The van der Waals surface area contributed by atoms with Crippen molar-refractivity contribution in [3.63, 3.8) is 0 Å². The molecule has 0 rings (SSSR count). The second-order valence-corrected chi connectivity index (χ2v) is 23.9. The Morgan fingerprint density at radius 1 is 0.461 bits per heavy atom. The van der Waals surface area contributed by atoms with Gasteiger partial charge in [0.05, 0.1) is 39.9 Å². The summed E-state index contributed by atoms with van der Waals surface area (Å²) in [6.07, 6.45) is 82.0. The lowest BCUT2D eigenvalue weighted by Crippen LogP contribution is -2.46. The highest BCUT2D eigenvalue weighted by Crippen LogP contribution is 2.43. The number of likely N-dealkylation sites (N-methyl/N-ethyl adjacent to an activating group) is 1. The first-order valence-electron chi connectivity index (χ1n) is 31.6. The van der Waals surface area contributed by atoms with Crippen molar-refractivity contribution in [3.05, 3.63) is 97.2 Å². The van der Waals surface area contributed by atoms with Crippen LogP contribution in [0, 0.1) is 0 Å². The van der Waals surface area contributed by atoms with Crippen molar-refractivity contribution in [1.82, 2.24) is 5.32 Å². The summed E-state index contributed by atoms with van der Waals surface area (Å²) in [5.74, 6) is -0.187. The van der Waals surface area contributed by atoms with Gasteiger partial charge in [-0.2, -0.15) is 0 Å². The largest absolute Gasteiger partial charge is 0.472 e. The number of rotatable bonds is 57. The van der Waals surface area contributed by atoms with Crippen molar-refractivity contribution in [1.29, 1.82) is 0 Å². The third-order valence-corrected chi connectivity index (χ3v) is 14.8. The van der Waals surface area contributed by atoms with E-state index in [4.69, 9.17) is 9.05 Å². The van der Waals surface area contributed by atoms with Crippen molar-refractivity contribution < 1.29 is 32.9 Å². The Bertz CT molecular complexity index is 1560. The van der Waals surface area contributed by atoms with Gasteiger partial charge in [0, 0.05) is 6.42 Å². The van der Waals surface area contributed by atoms with Gasteiger partial charge in [-0.25, -0.2) is 4.57 Å². The smallest absolute Gasteiger partial charge is 0.391 e. The predicted octanol–water partition coefficient (Wildman–Crippen LogP) is 19.8. The van der Waals surface area contributed by atoms with E-state index in [-0.39, 0.29) is 19.1 Å². The molecule has 0 bridgehead atoms. The van der Waals surface area contributed by atoms with E-state index in [9.17, 15) is 19.4 Å². The Kier molecular flexibility index (Phi) is 55.2. The van der Waals surface area contributed by atoms with Crippen LogP contribution in [0.25, 0.3) is 0 Å². The van der Waals surface area contributed by atoms with Crippen molar-refractivity contribution >= 4 is 13.7 Å². The number of quaternary nitrogens is 1. The first-order chi connectivity index (χ1) is 37.0. The molecule has 0 heterocycles. The third-order valence-electron chi connectivity index (χ3n) is 13.8. The van der Waals surface area contributed by atoms with Gasteiger partial charge in [0.2, 0.25) is 5.91 Å². The molecular weight excluding hydrogens is 960 g/mol. The van der Waals surface area contributed by atoms with Gasteiger partial charge >= 0.3 is 7.82 Å². The first kappa shape index (κ1) is 73.4. The number of carbonyl (C=O) groups is 1. The number of nitrogens with zero attached hydrogens (tertiary/aromatic N) is 1. The van der Waals surface area contributed by atoms with Gasteiger partial charge in [0.1, 0.15) is 13.2 Å². The molecule has 0 aromatic carbocycles. The molecule has 1 amide bonds. The zero-order chi connectivity index (χ0) is 55.6. The van der Waals surface area contributed by atoms with Crippen LogP contribution in [0.3, 0.4) is 0 Å². The molecule has 0 saturated carbocycles. The van der Waals surface area contributed by atoms with Gasteiger partial charge in [-0.15, -0.1) is 0 Å². The maximum Gasteiger partial charge on any atom is 0.472 e. The molecule has 76 heavy (non-hydrogen) atoms. The van der Waals surface area contributed by atoms with Crippen LogP contribution in [0.5, 0.6) is 0 Å². The molecule has 0 aromatic rings. The first-order valence-corrected chi connectivity index (χ1v) is 33.1. The average Bonchev–Trinajstić information content (AvgIpc) is 3.38. The normalized spacial score (nSPS) is 14.5. The molecule has 440 valence electrons. The van der Waals surface area contributed by atoms with Crippen LogP contribution in [0.2, 0.25) is 0 Å². The second kappa shape index (κ2) is 57.1. The fraction of sp³-hybridized carbons (Fsp3) is 0.746. The monoisotopic (exact) mass is 1080 g/mol. The molecular formula is C67H122N2O6P+. The number of aliphatic hydroxyl groups is 1. The molecule has 9 heteroatoms. The number of carbonyl (C=O) groups excluding carboxylic acids is 1. The Morgan fingerprint density at radius 2 is 0.789 bits per heavy atom. The summed E-state index contributed by atoms with van der Waals surface area (Å²) in [4.78, 5) is 23.4. The van der Waals surface area contributed by atoms with Crippen LogP contribution in [0.1, 0.15) is 271 Å². The van der Waals surface area contributed by atoms with Gasteiger partial charge < -0.3 is 19.8 Å². The minimum absolute atomic E-state index is 0.0610. The third kappa shape index (κ3) is 59.1. The molecule has 0 radical (unpaired) electrons. The van der Waals surface area contributed by atoms with E-state index in [1.165, 1.54) is 154 Å². The van der Waals surface area contributed by atoms with Crippen LogP contribution < -0.4 is 5.32 Å². The Morgan fingerprint density at radius 3 is 1.13 bits per heavy atom. The zero-order valence-corrected chi connectivity index (χ0v) is 51.1. The van der Waals surface area contributed by atoms with Crippen LogP contribution in [0.15, 0.2) is 97.2 Å². The number of amides is 1. The van der Waals surface area contributed by atoms with E-state index in [0.29, 0.717) is 30.3 Å². The van der Waals surface area contributed by atoms with E-state index in [0.717, 1.165) is 83.5 Å². The molecule has 0 fully saturated rings. The molecule has 0 aromatic heterocycles. The van der Waals surface area contributed by atoms with Gasteiger partial charge in [0.15, 0.2) is 0 Å². The van der Waals surface area contributed by atoms with Crippen LogP contribution >= 0.6 is 7.82 Å². The summed E-state index contributed by atoms with van der Waals surface area (Å²) in [5.41, 5.74) is 0. The van der Waals surface area contributed by atoms with Crippen LogP contribution in [-0.4, -0.2) is 73.4 Å². The molecule has 0 aliphatic heterocycles. The summed E-state index contributed by atoms with van der Waals surface area (Å²) >= 11 is 0. The fourth-order valence-corrected chi connectivity index (χ4v) is 9.68. The average molecular weight is 1080 g/mol. The van der Waals surface area contributed by atoms with Crippen molar-refractivity contribution in [2.75, 3.05) is 40.9 Å². The summed E-state index contributed by atoms with van der Waals surface area (Å²) < 4.78 is 23.8. The predicted molar refractivity (Wildman–Crippen MR) is 332 cm³/mol. The molecule has 3 atom stereocenters. The number of phosphoric ester groups is 1. The molecule has 0 spiro atoms. The zero-order valence-electron chi connectivity index (χ0n) is 50.2. The summed E-state index contributed by atoms with van der Waals surface area (Å²) in [6, 6.07) is -0.793. The van der Waals surface area contributed by atoms with Crippen molar-refractivity contribution in [3.8, 4) is 0 Å². The minimum atomic E-state index is -4.35. The number of aliphatic hydroxyl groups excluding tert-OH is 1. The summed E-state index contributed by atoms with van der Waals surface area (Å²) in [7, 11) is 1.58. The summed E-state index contributed by atoms with van der Waals surface area (Å²) in [5, 5.41) is 14.1. The lowest BCUT2D eigenvalue weighted by molar-refractivity contribution is -0.870. The maximum absolute atomic E-state index is 13.0. The van der Waals surface area contributed by atoms with Gasteiger partial charge in [-0.05, 0) is 77.0 Å². The number of allylic oxidation sites excluding steroid dienone is 16. The SMILES string of the molecule is CC/C=C\C/C=C\C/C=C\C/C=C\C/C=C\C/C=C\C/C=C\C/C=C\CCCCC(=O)NC(COP(=O)(O)OCC[N+](C)(C)C)C(O)CCCCCCCCCCCCCCCCCCCCCCCCCCCCC. The number of hydrogen-bond donors (Lipinski definition) is 3. The number of nitrogens with one attached hydrogen (secondary N) is 1. The highest BCUT2D eigenvalue weighted by molar-refractivity contribution is 7.47. The second-order valence-electron chi connectivity index (χ2n) is 22.4. The lowest BCUT2D eigenvalue weighted by Gasteiger charge is -2.26. The molecule has 0 saturated heterocycles. The van der Waals surface area contributed by atoms with Crippen LogP contribution in [0.4, 0.5) is 0 Å². The molecule has 0 aliphatic rings. The van der Waals surface area contributed by atoms with Gasteiger partial charge in [0.25, 0.3) is 0 Å². The Balaban J connectivity index is 4.23. The van der Waals surface area contributed by atoms with E-state index in [1.54, 1.807) is 0 Å². The van der Waals surface area contributed by atoms with E-state index < -0.39 is 20.0 Å². The van der Waals surface area contributed by atoms with Gasteiger partial charge in [-0.1, -0.05) is 284 Å². The topological polar surface area (TPSA) is 105 Å². The van der Waals surface area contributed by atoms with E-state index in [2.05, 4.69) is 116 Å². The number of unbranched alkanes of at least 4 members (excludes halogenated alkanes) is 28. The number of hydrogen-bond acceptors (Lipinski definition) is 5. The Labute approximate surface area is 470 Å². The molecule has 0 aliphatic carbocycles. The Hall–Kier alpha value is -2.58. The molecule has 8 nitrogen and oxygen atoms in total. The highest BCUT2D eigenvalue weighted by Gasteiger charge is 2.28. The molecule has 3 unspecified atom stereocenters. The summed E-state index contributed by atoms with van der Waals surface area (Å²) in [6.45, 7) is 4.76.